The third-order valence-electron chi connectivity index (χ3n) is 3.45. The fourth-order valence-corrected chi connectivity index (χ4v) is 3.21. The normalized spacial score (nSPS) is 12.2. The Morgan fingerprint density at radius 1 is 1.36 bits per heavy atom. The molecule has 1 heterocycles. The molecule has 0 saturated heterocycles. The van der Waals surface area contributed by atoms with Gasteiger partial charge in [0.05, 0.1) is 15.9 Å². The largest absolute Gasteiger partial charge is 0.550 e. The van der Waals surface area contributed by atoms with Crippen LogP contribution in [0, 0.1) is 0 Å². The number of aliphatic carboxylic acids is 1. The lowest BCUT2D eigenvalue weighted by Gasteiger charge is -2.11. The highest BCUT2D eigenvalue weighted by Crippen LogP contribution is 2.22. The van der Waals surface area contributed by atoms with Gasteiger partial charge in [0.2, 0.25) is 10.0 Å². The van der Waals surface area contributed by atoms with E-state index in [-0.39, 0.29) is 17.7 Å². The van der Waals surface area contributed by atoms with Gasteiger partial charge in [-0.2, -0.15) is 0 Å². The summed E-state index contributed by atoms with van der Waals surface area (Å²) in [4.78, 5) is 15.2. The molecule has 22 heavy (non-hydrogen) atoms. The number of aryl methyl sites for hydroxylation is 2. The maximum atomic E-state index is 12.2. The van der Waals surface area contributed by atoms with Crippen LogP contribution in [0.5, 0.6) is 0 Å². The molecule has 0 saturated carbocycles. The summed E-state index contributed by atoms with van der Waals surface area (Å²) in [6.07, 6.45) is 0.132. The summed E-state index contributed by atoms with van der Waals surface area (Å²) < 4.78 is 27.3. The Kier molecular flexibility index (Phi) is 4.52. The van der Waals surface area contributed by atoms with Crippen LogP contribution in [0.3, 0.4) is 0 Å². The van der Waals surface area contributed by atoms with Crippen molar-refractivity contribution in [3.63, 3.8) is 0 Å². The minimum Gasteiger partial charge on any atom is -0.550 e. The molecule has 1 aromatic heterocycles. The number of hydrogen-bond acceptors (Lipinski definition) is 5. The molecule has 0 aliphatic carbocycles. The third kappa shape index (κ3) is 2.97. The maximum absolute atomic E-state index is 12.2. The van der Waals surface area contributed by atoms with Gasteiger partial charge in [0.25, 0.3) is 0 Å². The van der Waals surface area contributed by atoms with Gasteiger partial charge in [0.15, 0.2) is 0 Å². The van der Waals surface area contributed by atoms with Crippen LogP contribution in [-0.4, -0.2) is 42.3 Å². The second-order valence-corrected chi connectivity index (χ2v) is 7.23. The molecule has 0 spiro atoms. The van der Waals surface area contributed by atoms with Gasteiger partial charge in [-0.25, -0.2) is 17.7 Å². The topological polar surface area (TPSA) is 95.3 Å². The molecule has 0 amide bonds. The summed E-state index contributed by atoms with van der Waals surface area (Å²) in [6.45, 7) is 2.55. The van der Waals surface area contributed by atoms with E-state index in [9.17, 15) is 18.3 Å². The second kappa shape index (κ2) is 6.05. The fraction of sp³-hybridized carbons (Fsp3) is 0.429. The SMILES string of the molecule is CCn1c(CCC(=O)[O-])nc2cc(S(=O)(=O)N(C)C)ccc21. The number of sulfonamides is 1. The first-order valence-corrected chi connectivity index (χ1v) is 8.33. The standard InChI is InChI=1S/C14H19N3O4S/c1-4-17-12-6-5-10(22(20,21)16(2)3)9-11(12)15-13(17)7-8-14(18)19/h5-6,9H,4,7-8H2,1-3H3,(H,18,19)/p-1. The highest BCUT2D eigenvalue weighted by Gasteiger charge is 2.19. The van der Waals surface area contributed by atoms with Crippen LogP contribution in [0.1, 0.15) is 19.2 Å². The number of fused-ring (bicyclic) bond motifs is 1. The molecule has 0 bridgehead atoms. The Balaban J connectivity index is 2.52. The fourth-order valence-electron chi connectivity index (χ4n) is 2.29. The van der Waals surface area contributed by atoms with Crippen molar-refractivity contribution in [3.05, 3.63) is 24.0 Å². The van der Waals surface area contributed by atoms with Crippen molar-refractivity contribution in [2.45, 2.75) is 31.2 Å². The van der Waals surface area contributed by atoms with Crippen LogP contribution in [0.25, 0.3) is 11.0 Å². The smallest absolute Gasteiger partial charge is 0.242 e. The van der Waals surface area contributed by atoms with Crippen LogP contribution in [-0.2, 0) is 27.8 Å². The van der Waals surface area contributed by atoms with Crippen molar-refractivity contribution >= 4 is 27.0 Å². The Morgan fingerprint density at radius 2 is 2.05 bits per heavy atom. The van der Waals surface area contributed by atoms with Crippen LogP contribution in [0.2, 0.25) is 0 Å². The van der Waals surface area contributed by atoms with Gasteiger partial charge in [0, 0.05) is 33.0 Å². The van der Waals surface area contributed by atoms with Gasteiger partial charge < -0.3 is 14.5 Å². The highest BCUT2D eigenvalue weighted by atomic mass is 32.2. The number of hydrogen-bond donors (Lipinski definition) is 0. The lowest BCUT2D eigenvalue weighted by atomic mass is 10.3. The number of imidazole rings is 1. The molecule has 1 aromatic carbocycles. The maximum Gasteiger partial charge on any atom is 0.242 e. The summed E-state index contributed by atoms with van der Waals surface area (Å²) in [5.41, 5.74) is 1.33. The molecule has 7 nitrogen and oxygen atoms in total. The van der Waals surface area contributed by atoms with Gasteiger partial charge in [-0.3, -0.25) is 0 Å². The predicted octanol–water partition coefficient (Wildman–Crippen LogP) is -0.0110. The molecular formula is C14H18N3O4S-. The minimum atomic E-state index is -3.52. The molecule has 2 rings (SSSR count). The van der Waals surface area contributed by atoms with Crippen LogP contribution >= 0.6 is 0 Å². The van der Waals surface area contributed by atoms with Gasteiger partial charge in [-0.15, -0.1) is 0 Å². The molecule has 0 N–H and O–H groups in total. The first-order valence-electron chi connectivity index (χ1n) is 6.89. The van der Waals surface area contributed by atoms with E-state index < -0.39 is 16.0 Å². The molecular weight excluding hydrogens is 306 g/mol. The Bertz CT molecular complexity index is 809. The number of carboxylic acids is 1. The molecule has 0 aliphatic heterocycles. The summed E-state index contributed by atoms with van der Waals surface area (Å²) in [5.74, 6) is -0.522. The number of carbonyl (C=O) groups excluding carboxylic acids is 1. The van der Waals surface area contributed by atoms with Crippen molar-refractivity contribution in [3.8, 4) is 0 Å². The van der Waals surface area contributed by atoms with Crippen LogP contribution in [0.4, 0.5) is 0 Å². The van der Waals surface area contributed by atoms with E-state index in [1.807, 2.05) is 11.5 Å². The van der Waals surface area contributed by atoms with Gasteiger partial charge in [-0.05, 0) is 31.5 Å². The monoisotopic (exact) mass is 324 g/mol. The van der Waals surface area contributed by atoms with Crippen LogP contribution in [0.15, 0.2) is 23.1 Å². The van der Waals surface area contributed by atoms with E-state index in [2.05, 4.69) is 4.98 Å². The molecule has 0 aliphatic rings. The van der Waals surface area contributed by atoms with Crippen molar-refractivity contribution in [1.82, 2.24) is 13.9 Å². The number of carboxylic acid groups (broad SMARTS) is 1. The quantitative estimate of drug-likeness (QED) is 0.744. The summed E-state index contributed by atoms with van der Waals surface area (Å²) in [5, 5.41) is 10.6. The Morgan fingerprint density at radius 3 is 2.59 bits per heavy atom. The van der Waals surface area contributed by atoms with Crippen molar-refractivity contribution < 1.29 is 18.3 Å². The predicted molar refractivity (Wildman–Crippen MR) is 79.6 cm³/mol. The molecule has 120 valence electrons. The Labute approximate surface area is 129 Å². The van der Waals surface area contributed by atoms with E-state index in [4.69, 9.17) is 0 Å². The summed E-state index contributed by atoms with van der Waals surface area (Å²) in [7, 11) is -0.589. The zero-order chi connectivity index (χ0) is 16.5. The Hall–Kier alpha value is -1.93. The van der Waals surface area contributed by atoms with Crippen molar-refractivity contribution in [1.29, 1.82) is 0 Å². The van der Waals surface area contributed by atoms with Crippen molar-refractivity contribution in [2.75, 3.05) is 14.1 Å². The number of aromatic nitrogens is 2. The van der Waals surface area contributed by atoms with Gasteiger partial charge >= 0.3 is 0 Å². The summed E-state index contributed by atoms with van der Waals surface area (Å²) >= 11 is 0. The van der Waals surface area contributed by atoms with E-state index in [0.717, 1.165) is 9.82 Å². The number of nitrogens with zero attached hydrogens (tertiary/aromatic N) is 3. The van der Waals surface area contributed by atoms with Gasteiger partial charge in [-0.1, -0.05) is 0 Å². The average molecular weight is 324 g/mol. The van der Waals surface area contributed by atoms with Crippen LogP contribution < -0.4 is 5.11 Å². The minimum absolute atomic E-state index is 0.119. The molecule has 0 fully saturated rings. The molecule has 8 heteroatoms. The van der Waals surface area contributed by atoms with E-state index >= 15 is 0 Å². The lowest BCUT2D eigenvalue weighted by molar-refractivity contribution is -0.305. The molecule has 0 atom stereocenters. The lowest BCUT2D eigenvalue weighted by Crippen LogP contribution is -2.23. The molecule has 2 aromatic rings. The number of rotatable bonds is 6. The summed E-state index contributed by atoms with van der Waals surface area (Å²) in [6, 6.07) is 4.75. The highest BCUT2D eigenvalue weighted by molar-refractivity contribution is 7.89. The molecule has 0 unspecified atom stereocenters. The molecule has 0 radical (unpaired) electrons. The van der Waals surface area contributed by atoms with E-state index in [0.29, 0.717) is 17.9 Å². The van der Waals surface area contributed by atoms with Crippen molar-refractivity contribution in [2.24, 2.45) is 0 Å². The first kappa shape index (κ1) is 16.4. The first-order chi connectivity index (χ1) is 10.3. The number of benzene rings is 1. The average Bonchev–Trinajstić information content (AvgIpc) is 2.81. The second-order valence-electron chi connectivity index (χ2n) is 5.08. The van der Waals surface area contributed by atoms with E-state index in [1.165, 1.54) is 26.2 Å². The zero-order valence-electron chi connectivity index (χ0n) is 12.7. The van der Waals surface area contributed by atoms with Gasteiger partial charge in [0.1, 0.15) is 5.82 Å². The third-order valence-corrected chi connectivity index (χ3v) is 5.26. The van der Waals surface area contributed by atoms with E-state index in [1.54, 1.807) is 6.07 Å². The number of carbonyl (C=O) groups is 1. The zero-order valence-corrected chi connectivity index (χ0v) is 13.6.